The molecule has 1 aromatic carbocycles. The van der Waals surface area contributed by atoms with Gasteiger partial charge in [0.1, 0.15) is 10.6 Å². The minimum absolute atomic E-state index is 0.0186. The number of hydrogen-bond donors (Lipinski definition) is 1. The fourth-order valence-electron chi connectivity index (χ4n) is 3.42. The Morgan fingerprint density at radius 1 is 1.03 bits per heavy atom. The Hall–Kier alpha value is -2.28. The maximum absolute atomic E-state index is 12.8. The average Bonchev–Trinajstić information content (AvgIpc) is 3.07. The second-order valence-corrected chi connectivity index (χ2v) is 11.0. The van der Waals surface area contributed by atoms with E-state index in [9.17, 15) is 21.6 Å². The fourth-order valence-corrected chi connectivity index (χ4v) is 6.20. The number of hydrogen-bond acceptors (Lipinski definition) is 7. The van der Waals surface area contributed by atoms with Gasteiger partial charge in [-0.2, -0.15) is 4.31 Å². The van der Waals surface area contributed by atoms with E-state index < -0.39 is 20.0 Å². The smallest absolute Gasteiger partial charge is 0.245 e. The van der Waals surface area contributed by atoms with Crippen molar-refractivity contribution in [2.45, 2.75) is 37.0 Å². The number of aromatic nitrogens is 1. The molecule has 1 N–H and O–H groups in total. The van der Waals surface area contributed by atoms with Gasteiger partial charge in [-0.15, -0.1) is 0 Å². The van der Waals surface area contributed by atoms with E-state index in [1.165, 1.54) is 18.2 Å². The second-order valence-electron chi connectivity index (χ2n) is 7.40. The zero-order chi connectivity index (χ0) is 22.8. The van der Waals surface area contributed by atoms with E-state index in [1.54, 1.807) is 29.2 Å². The molecule has 1 aliphatic heterocycles. The highest BCUT2D eigenvalue weighted by atomic mass is 32.2. The Morgan fingerprint density at radius 3 is 2.19 bits per heavy atom. The third kappa shape index (κ3) is 5.14. The fraction of sp³-hybridized carbons (Fsp3) is 0.474. The minimum atomic E-state index is -3.83. The van der Waals surface area contributed by atoms with Gasteiger partial charge in [0.05, 0.1) is 4.90 Å². The van der Waals surface area contributed by atoms with Crippen molar-refractivity contribution in [2.24, 2.45) is 0 Å². The van der Waals surface area contributed by atoms with E-state index in [-0.39, 0.29) is 66.3 Å². The molecule has 2 heterocycles. The summed E-state index contributed by atoms with van der Waals surface area (Å²) >= 11 is 0. The average molecular weight is 471 g/mol. The summed E-state index contributed by atoms with van der Waals surface area (Å²) in [5, 5.41) is 3.63. The first-order valence-electron chi connectivity index (χ1n) is 9.79. The van der Waals surface area contributed by atoms with Crippen LogP contribution in [0.15, 0.2) is 38.6 Å². The van der Waals surface area contributed by atoms with Crippen LogP contribution < -0.4 is 4.72 Å². The van der Waals surface area contributed by atoms with Crippen molar-refractivity contribution in [2.75, 3.05) is 32.7 Å². The van der Waals surface area contributed by atoms with E-state index >= 15 is 0 Å². The molecule has 1 amide bonds. The van der Waals surface area contributed by atoms with Crippen molar-refractivity contribution in [3.63, 3.8) is 0 Å². The molecular weight excluding hydrogens is 444 g/mol. The van der Waals surface area contributed by atoms with E-state index in [4.69, 9.17) is 4.52 Å². The van der Waals surface area contributed by atoms with Crippen LogP contribution in [0.3, 0.4) is 0 Å². The lowest BCUT2D eigenvalue weighted by Crippen LogP contribution is -2.50. The second kappa shape index (κ2) is 9.07. The Morgan fingerprint density at radius 2 is 1.65 bits per heavy atom. The standard InChI is InChI=1S/C19H26N4O6S2/c1-14-4-6-17(7-5-14)31(27,28)23-12-10-22(11-13-23)18(24)8-9-20-30(25,26)19-15(2)21-29-16(19)3/h4-7,20H,8-13H2,1-3H3. The van der Waals surface area contributed by atoms with Crippen molar-refractivity contribution in [1.82, 2.24) is 19.1 Å². The molecule has 0 spiro atoms. The van der Waals surface area contributed by atoms with Gasteiger partial charge >= 0.3 is 0 Å². The molecule has 170 valence electrons. The highest BCUT2D eigenvalue weighted by Gasteiger charge is 2.30. The normalized spacial score (nSPS) is 15.9. The van der Waals surface area contributed by atoms with Crippen molar-refractivity contribution < 1.29 is 26.2 Å². The van der Waals surface area contributed by atoms with Crippen LogP contribution in [-0.2, 0) is 24.8 Å². The number of amides is 1. The molecule has 1 fully saturated rings. The molecule has 1 aromatic heterocycles. The third-order valence-electron chi connectivity index (χ3n) is 5.12. The molecule has 1 aliphatic rings. The van der Waals surface area contributed by atoms with Gasteiger partial charge in [-0.05, 0) is 32.9 Å². The molecule has 0 saturated carbocycles. The maximum atomic E-state index is 12.8. The van der Waals surface area contributed by atoms with Crippen LogP contribution in [0.25, 0.3) is 0 Å². The number of rotatable bonds is 7. The summed E-state index contributed by atoms with van der Waals surface area (Å²) in [7, 11) is -7.44. The van der Waals surface area contributed by atoms with Crippen LogP contribution >= 0.6 is 0 Å². The van der Waals surface area contributed by atoms with Crippen LogP contribution in [0, 0.1) is 20.8 Å². The lowest BCUT2D eigenvalue weighted by molar-refractivity contribution is -0.132. The predicted octanol–water partition coefficient (Wildman–Crippen LogP) is 0.801. The van der Waals surface area contributed by atoms with Crippen LogP contribution in [0.4, 0.5) is 0 Å². The SMILES string of the molecule is Cc1ccc(S(=O)(=O)N2CCN(C(=O)CCNS(=O)(=O)c3c(C)noc3C)CC2)cc1. The largest absolute Gasteiger partial charge is 0.360 e. The minimum Gasteiger partial charge on any atom is -0.360 e. The topological polar surface area (TPSA) is 130 Å². The summed E-state index contributed by atoms with van der Waals surface area (Å²) < 4.78 is 58.9. The van der Waals surface area contributed by atoms with Crippen LogP contribution in [0.2, 0.25) is 0 Å². The summed E-state index contributed by atoms with van der Waals surface area (Å²) in [5.41, 5.74) is 1.22. The van der Waals surface area contributed by atoms with Gasteiger partial charge in [0.15, 0.2) is 5.76 Å². The Labute approximate surface area is 182 Å². The first-order valence-corrected chi connectivity index (χ1v) is 12.7. The summed E-state index contributed by atoms with van der Waals surface area (Å²) in [6, 6.07) is 6.65. The highest BCUT2D eigenvalue weighted by Crippen LogP contribution is 2.20. The Bertz CT molecular complexity index is 1130. The molecule has 0 unspecified atom stereocenters. The number of carbonyl (C=O) groups is 1. The van der Waals surface area contributed by atoms with E-state index in [2.05, 4.69) is 9.88 Å². The summed E-state index contributed by atoms with van der Waals surface area (Å²) in [5.74, 6) is -0.0592. The summed E-state index contributed by atoms with van der Waals surface area (Å²) in [4.78, 5) is 14.2. The molecule has 10 nitrogen and oxygen atoms in total. The zero-order valence-corrected chi connectivity index (χ0v) is 19.3. The van der Waals surface area contributed by atoms with Gasteiger partial charge in [0.25, 0.3) is 0 Å². The lowest BCUT2D eigenvalue weighted by atomic mass is 10.2. The lowest BCUT2D eigenvalue weighted by Gasteiger charge is -2.34. The van der Waals surface area contributed by atoms with Crippen LogP contribution in [0.1, 0.15) is 23.4 Å². The quantitative estimate of drug-likeness (QED) is 0.633. The van der Waals surface area contributed by atoms with Gasteiger partial charge in [-0.25, -0.2) is 21.6 Å². The zero-order valence-electron chi connectivity index (χ0n) is 17.7. The molecule has 2 aromatic rings. The summed E-state index contributed by atoms with van der Waals surface area (Å²) in [6.45, 7) is 5.72. The Balaban J connectivity index is 1.52. The Kier molecular flexibility index (Phi) is 6.84. The number of benzene rings is 1. The van der Waals surface area contributed by atoms with Crippen molar-refractivity contribution in [3.05, 3.63) is 41.3 Å². The predicted molar refractivity (Wildman–Crippen MR) is 112 cm³/mol. The van der Waals surface area contributed by atoms with E-state index in [1.807, 2.05) is 6.92 Å². The number of aryl methyl sites for hydroxylation is 3. The first-order chi connectivity index (χ1) is 14.5. The summed E-state index contributed by atoms with van der Waals surface area (Å²) in [6.07, 6.45) is -0.0344. The molecule has 12 heteroatoms. The van der Waals surface area contributed by atoms with Gasteiger partial charge in [-0.1, -0.05) is 22.9 Å². The van der Waals surface area contributed by atoms with Gasteiger partial charge in [0, 0.05) is 39.1 Å². The molecule has 0 atom stereocenters. The van der Waals surface area contributed by atoms with Crippen LogP contribution in [0.5, 0.6) is 0 Å². The van der Waals surface area contributed by atoms with Crippen molar-refractivity contribution in [1.29, 1.82) is 0 Å². The van der Waals surface area contributed by atoms with E-state index in [0.29, 0.717) is 0 Å². The molecule has 0 bridgehead atoms. The van der Waals surface area contributed by atoms with Crippen LogP contribution in [-0.4, -0.2) is 69.8 Å². The molecule has 0 radical (unpaired) electrons. The molecule has 31 heavy (non-hydrogen) atoms. The highest BCUT2D eigenvalue weighted by molar-refractivity contribution is 7.89. The number of carbonyl (C=O) groups excluding carboxylic acids is 1. The number of piperazine rings is 1. The van der Waals surface area contributed by atoms with Gasteiger partial charge in [0.2, 0.25) is 26.0 Å². The van der Waals surface area contributed by atoms with Gasteiger partial charge in [-0.3, -0.25) is 4.79 Å². The van der Waals surface area contributed by atoms with Crippen molar-refractivity contribution in [3.8, 4) is 0 Å². The third-order valence-corrected chi connectivity index (χ3v) is 8.74. The molecule has 0 aliphatic carbocycles. The van der Waals surface area contributed by atoms with Gasteiger partial charge < -0.3 is 9.42 Å². The first kappa shape index (κ1) is 23.4. The number of nitrogens with one attached hydrogen (secondary N) is 1. The number of nitrogens with zero attached hydrogens (tertiary/aromatic N) is 3. The number of sulfonamides is 2. The molecular formula is C19H26N4O6S2. The monoisotopic (exact) mass is 470 g/mol. The molecule has 1 saturated heterocycles. The van der Waals surface area contributed by atoms with E-state index in [0.717, 1.165) is 5.56 Å². The maximum Gasteiger partial charge on any atom is 0.245 e. The molecule has 3 rings (SSSR count). The van der Waals surface area contributed by atoms with Crippen molar-refractivity contribution >= 4 is 26.0 Å².